The molecule has 3 rings (SSSR count). The van der Waals surface area contributed by atoms with Crippen LogP contribution in [0.15, 0.2) is 24.3 Å². The van der Waals surface area contributed by atoms with Crippen molar-refractivity contribution in [2.75, 3.05) is 19.0 Å². The van der Waals surface area contributed by atoms with E-state index in [1.54, 1.807) is 6.07 Å². The number of hydrogen-bond donors (Lipinski definition) is 1. The van der Waals surface area contributed by atoms with Gasteiger partial charge in [0.25, 0.3) is 0 Å². The first-order chi connectivity index (χ1) is 14.1. The van der Waals surface area contributed by atoms with Crippen molar-refractivity contribution in [3.05, 3.63) is 35.0 Å². The number of benzene rings is 1. The lowest BCUT2D eigenvalue weighted by atomic mass is 9.77. The lowest BCUT2D eigenvalue weighted by Crippen LogP contribution is -2.61. The average molecular weight is 433 g/mol. The monoisotopic (exact) mass is 432 g/mol. The van der Waals surface area contributed by atoms with Gasteiger partial charge in [0.2, 0.25) is 0 Å². The molecule has 1 saturated heterocycles. The predicted octanol–water partition coefficient (Wildman–Crippen LogP) is 5.01. The summed E-state index contributed by atoms with van der Waals surface area (Å²) in [6.07, 6.45) is 3.07. The molecule has 0 spiro atoms. The highest BCUT2D eigenvalue weighted by Crippen LogP contribution is 2.41. The first-order valence-corrected chi connectivity index (χ1v) is 10.9. The molecular formula is C23H29FN2O3S. The number of anilines is 1. The Labute approximate surface area is 181 Å². The third-order valence-electron chi connectivity index (χ3n) is 6.04. The van der Waals surface area contributed by atoms with Gasteiger partial charge in [-0.2, -0.15) is 0 Å². The number of likely N-dealkylation sites (tertiary alicyclic amines) is 1. The van der Waals surface area contributed by atoms with Gasteiger partial charge in [-0.25, -0.2) is 4.39 Å². The second-order valence-electron chi connectivity index (χ2n) is 9.05. The summed E-state index contributed by atoms with van der Waals surface area (Å²) in [5.74, 6) is -0.767. The molecule has 2 heterocycles. The van der Waals surface area contributed by atoms with Gasteiger partial charge in [-0.3, -0.25) is 14.5 Å². The summed E-state index contributed by atoms with van der Waals surface area (Å²) >= 11 is 1.03. The van der Waals surface area contributed by atoms with Gasteiger partial charge >= 0.3 is 0 Å². The summed E-state index contributed by atoms with van der Waals surface area (Å²) < 4.78 is 20.0. The predicted molar refractivity (Wildman–Crippen MR) is 119 cm³/mol. The highest BCUT2D eigenvalue weighted by atomic mass is 32.1. The number of piperidine rings is 1. The van der Waals surface area contributed by atoms with Crippen LogP contribution in [0.5, 0.6) is 5.75 Å². The molecule has 0 radical (unpaired) electrons. The van der Waals surface area contributed by atoms with Gasteiger partial charge in [-0.1, -0.05) is 12.1 Å². The van der Waals surface area contributed by atoms with Crippen LogP contribution in [0, 0.1) is 5.82 Å². The quantitative estimate of drug-likeness (QED) is 0.624. The number of carbonyl (C=O) groups is 2. The van der Waals surface area contributed by atoms with Crippen LogP contribution in [0.4, 0.5) is 10.1 Å². The van der Waals surface area contributed by atoms with Crippen LogP contribution >= 0.6 is 11.3 Å². The van der Waals surface area contributed by atoms with Gasteiger partial charge in [0.1, 0.15) is 11.5 Å². The van der Waals surface area contributed by atoms with Crippen molar-refractivity contribution in [2.24, 2.45) is 0 Å². The minimum atomic E-state index is -0.609. The van der Waals surface area contributed by atoms with E-state index in [9.17, 15) is 14.0 Å². The Morgan fingerprint density at radius 2 is 1.90 bits per heavy atom. The van der Waals surface area contributed by atoms with E-state index in [2.05, 4.69) is 45.0 Å². The molecule has 0 amide bonds. The molecule has 1 aromatic carbocycles. The number of nitrogens with one attached hydrogen (secondary N) is 1. The Morgan fingerprint density at radius 1 is 1.23 bits per heavy atom. The van der Waals surface area contributed by atoms with Crippen LogP contribution < -0.4 is 10.1 Å². The fourth-order valence-electron chi connectivity index (χ4n) is 4.39. The molecule has 0 unspecified atom stereocenters. The molecule has 30 heavy (non-hydrogen) atoms. The molecule has 2 aromatic rings. The Hall–Kier alpha value is -2.25. The molecule has 1 N–H and O–H groups in total. The summed E-state index contributed by atoms with van der Waals surface area (Å²) in [5, 5.41) is 3.62. The molecule has 1 aliphatic heterocycles. The number of thiophene rings is 1. The van der Waals surface area contributed by atoms with Crippen molar-refractivity contribution in [3.8, 4) is 16.2 Å². The third-order valence-corrected chi connectivity index (χ3v) is 7.16. The number of hydrogen-bond acceptors (Lipinski definition) is 6. The molecule has 1 aromatic heterocycles. The third kappa shape index (κ3) is 4.42. The zero-order valence-electron chi connectivity index (χ0n) is 18.1. The Morgan fingerprint density at radius 3 is 2.50 bits per heavy atom. The van der Waals surface area contributed by atoms with Crippen molar-refractivity contribution in [3.63, 3.8) is 0 Å². The molecule has 0 atom stereocenters. The van der Waals surface area contributed by atoms with Gasteiger partial charge < -0.3 is 10.1 Å². The molecular weight excluding hydrogens is 403 g/mol. The molecule has 7 heteroatoms. The topological polar surface area (TPSA) is 58.6 Å². The lowest BCUT2D eigenvalue weighted by Gasteiger charge is -2.54. The Kier molecular flexibility index (Phi) is 6.34. The van der Waals surface area contributed by atoms with Crippen LogP contribution in [-0.2, 0) is 4.79 Å². The second-order valence-corrected chi connectivity index (χ2v) is 10.1. The number of aldehydes is 2. The zero-order valence-corrected chi connectivity index (χ0v) is 18.9. The van der Waals surface area contributed by atoms with Gasteiger partial charge in [0, 0.05) is 22.8 Å². The maximum Gasteiger partial charge on any atom is 0.184 e. The molecule has 0 aliphatic carbocycles. The molecule has 1 fully saturated rings. The SMILES string of the molecule is CN1C(C)(C)CC(Nc2cccc(-c3sc(C=O)c(OCC=O)c3F)c2)CC1(C)C. The summed E-state index contributed by atoms with van der Waals surface area (Å²) in [7, 11) is 2.17. The minimum absolute atomic E-state index is 0.0561. The van der Waals surface area contributed by atoms with Gasteiger partial charge in [0.05, 0.1) is 4.88 Å². The van der Waals surface area contributed by atoms with Gasteiger partial charge in [0.15, 0.2) is 24.1 Å². The normalized spacial score (nSPS) is 18.7. The number of rotatable bonds is 7. The fraction of sp³-hybridized carbons (Fsp3) is 0.478. The van der Waals surface area contributed by atoms with Gasteiger partial charge in [-0.15, -0.1) is 11.3 Å². The number of nitrogens with zero attached hydrogens (tertiary/aromatic N) is 1. The van der Waals surface area contributed by atoms with Crippen molar-refractivity contribution in [1.29, 1.82) is 0 Å². The number of carbonyl (C=O) groups excluding carboxylic acids is 2. The van der Waals surface area contributed by atoms with Crippen molar-refractivity contribution in [1.82, 2.24) is 4.90 Å². The lowest BCUT2D eigenvalue weighted by molar-refractivity contribution is -0.109. The first kappa shape index (κ1) is 22.4. The van der Waals surface area contributed by atoms with E-state index < -0.39 is 5.82 Å². The first-order valence-electron chi connectivity index (χ1n) is 10.0. The molecule has 0 bridgehead atoms. The molecule has 0 saturated carbocycles. The molecule has 1 aliphatic rings. The fourth-order valence-corrected chi connectivity index (χ4v) is 5.32. The van der Waals surface area contributed by atoms with E-state index >= 15 is 0 Å². The van der Waals surface area contributed by atoms with Crippen LogP contribution in [0.3, 0.4) is 0 Å². The summed E-state index contributed by atoms with van der Waals surface area (Å²) in [5.41, 5.74) is 1.68. The van der Waals surface area contributed by atoms with Crippen molar-refractivity contribution < 1.29 is 18.7 Å². The summed E-state index contributed by atoms with van der Waals surface area (Å²) in [6.45, 7) is 8.71. The van der Waals surface area contributed by atoms with Crippen molar-refractivity contribution in [2.45, 2.75) is 57.7 Å². The summed E-state index contributed by atoms with van der Waals surface area (Å²) in [6, 6.07) is 7.82. The van der Waals surface area contributed by atoms with Crippen LogP contribution in [0.2, 0.25) is 0 Å². The molecule has 162 valence electrons. The van der Waals surface area contributed by atoms with Crippen molar-refractivity contribution >= 4 is 29.6 Å². The minimum Gasteiger partial charge on any atom is -0.481 e. The maximum absolute atomic E-state index is 14.9. The van der Waals surface area contributed by atoms with E-state index in [-0.39, 0.29) is 34.4 Å². The Balaban J connectivity index is 1.86. The van der Waals surface area contributed by atoms with Crippen LogP contribution in [0.25, 0.3) is 10.4 Å². The van der Waals surface area contributed by atoms with Crippen LogP contribution in [0.1, 0.15) is 50.2 Å². The smallest absolute Gasteiger partial charge is 0.184 e. The average Bonchev–Trinajstić information content (AvgIpc) is 2.99. The highest BCUT2D eigenvalue weighted by molar-refractivity contribution is 7.17. The van der Waals surface area contributed by atoms with E-state index in [0.717, 1.165) is 29.9 Å². The van der Waals surface area contributed by atoms with E-state index in [4.69, 9.17) is 4.74 Å². The van der Waals surface area contributed by atoms with E-state index in [1.165, 1.54) is 0 Å². The van der Waals surface area contributed by atoms with E-state index in [0.29, 0.717) is 23.0 Å². The Bertz CT molecular complexity index is 921. The van der Waals surface area contributed by atoms with E-state index in [1.807, 2.05) is 18.2 Å². The highest BCUT2D eigenvalue weighted by Gasteiger charge is 2.42. The largest absolute Gasteiger partial charge is 0.481 e. The number of ether oxygens (including phenoxy) is 1. The molecule has 5 nitrogen and oxygen atoms in total. The maximum atomic E-state index is 14.9. The zero-order chi connectivity index (χ0) is 22.1. The van der Waals surface area contributed by atoms with Gasteiger partial charge in [-0.05, 0) is 65.3 Å². The number of halogens is 1. The standard InChI is InChI=1S/C23H29FN2O3S/c1-22(2)12-17(13-23(3,4)26(22)5)25-16-8-6-7-15(11-16)21-19(24)20(29-10-9-27)18(14-28)30-21/h6-9,11,14,17,25H,10,12-13H2,1-5H3. The second kappa shape index (κ2) is 8.47. The summed E-state index contributed by atoms with van der Waals surface area (Å²) in [4.78, 5) is 24.8. The van der Waals surface area contributed by atoms with Crippen LogP contribution in [-0.4, -0.2) is 48.2 Å².